The van der Waals surface area contributed by atoms with Crippen molar-refractivity contribution in [1.82, 2.24) is 0 Å². The number of unbranched alkanes of at least 4 members (excludes halogenated alkanes) is 11. The van der Waals surface area contributed by atoms with Crippen LogP contribution in [0.3, 0.4) is 0 Å². The van der Waals surface area contributed by atoms with Crippen LogP contribution in [0.2, 0.25) is 0 Å². The van der Waals surface area contributed by atoms with Gasteiger partial charge in [0.2, 0.25) is 0 Å². The minimum atomic E-state index is -0.845. The summed E-state index contributed by atoms with van der Waals surface area (Å²) in [4.78, 5) is 24.3. The summed E-state index contributed by atoms with van der Waals surface area (Å²) in [5, 5.41) is 40.6. The van der Waals surface area contributed by atoms with Gasteiger partial charge in [-0.15, -0.1) is 0 Å². The maximum Gasteiger partial charge on any atom is 0.306 e. The lowest BCUT2D eigenvalue weighted by Crippen LogP contribution is -2.28. The maximum absolute atomic E-state index is 12.2. The van der Waals surface area contributed by atoms with E-state index in [1.165, 1.54) is 32.1 Å². The SMILES string of the molecule is CCCCC[C@H](O)/C=C/[C@@H]1[C@@H](CCCCCCC(=O)O[C@@H](CO)COC(=O)CCCCCCCCCC(C)C)[C@@H](O)C[C@H]1O. The number of aliphatic hydroxyl groups excluding tert-OH is 4. The molecule has 0 radical (unpaired) electrons. The molecule has 4 N–H and O–H groups in total. The van der Waals surface area contributed by atoms with E-state index in [1.807, 2.05) is 6.08 Å². The van der Waals surface area contributed by atoms with Crippen LogP contribution in [0.1, 0.15) is 149 Å². The van der Waals surface area contributed by atoms with Gasteiger partial charge in [0, 0.05) is 25.2 Å². The molecule has 0 heterocycles. The molecule has 1 rings (SSSR count). The van der Waals surface area contributed by atoms with Crippen molar-refractivity contribution in [2.24, 2.45) is 17.8 Å². The molecule has 1 fully saturated rings. The van der Waals surface area contributed by atoms with Crippen LogP contribution in [0.5, 0.6) is 0 Å². The number of hydrogen-bond acceptors (Lipinski definition) is 8. The molecule has 0 aliphatic heterocycles. The smallest absolute Gasteiger partial charge is 0.306 e. The Morgan fingerprint density at radius 2 is 1.39 bits per heavy atom. The lowest BCUT2D eigenvalue weighted by Gasteiger charge is -2.21. The van der Waals surface area contributed by atoms with E-state index in [1.54, 1.807) is 6.08 Å². The zero-order valence-corrected chi connectivity index (χ0v) is 28.2. The predicted octanol–water partition coefficient (Wildman–Crippen LogP) is 6.80. The molecule has 0 bridgehead atoms. The molecule has 0 aromatic carbocycles. The third-order valence-electron chi connectivity index (χ3n) is 8.84. The van der Waals surface area contributed by atoms with Crippen molar-refractivity contribution < 1.29 is 39.5 Å². The van der Waals surface area contributed by atoms with Gasteiger partial charge in [0.15, 0.2) is 6.10 Å². The second-order valence-electron chi connectivity index (χ2n) is 13.4. The number of aliphatic hydroxyl groups is 4. The van der Waals surface area contributed by atoms with E-state index < -0.39 is 37.0 Å². The Bertz CT molecular complexity index is 754. The Hall–Kier alpha value is -1.48. The van der Waals surface area contributed by atoms with Gasteiger partial charge in [-0.05, 0) is 37.5 Å². The molecule has 44 heavy (non-hydrogen) atoms. The maximum atomic E-state index is 12.2. The summed E-state index contributed by atoms with van der Waals surface area (Å²) in [7, 11) is 0. The van der Waals surface area contributed by atoms with Crippen LogP contribution in [0.25, 0.3) is 0 Å². The van der Waals surface area contributed by atoms with Gasteiger partial charge in [-0.1, -0.05) is 116 Å². The molecule has 258 valence electrons. The molecule has 0 aromatic heterocycles. The summed E-state index contributed by atoms with van der Waals surface area (Å²) in [6.07, 6.45) is 19.2. The van der Waals surface area contributed by atoms with E-state index in [4.69, 9.17) is 9.47 Å². The van der Waals surface area contributed by atoms with Crippen molar-refractivity contribution >= 4 is 11.9 Å². The highest BCUT2D eigenvalue weighted by molar-refractivity contribution is 5.70. The van der Waals surface area contributed by atoms with E-state index in [-0.39, 0.29) is 30.8 Å². The Balaban J connectivity index is 2.16. The quantitative estimate of drug-likeness (QED) is 0.0445. The van der Waals surface area contributed by atoms with Crippen molar-refractivity contribution in [3.8, 4) is 0 Å². The molecule has 1 aliphatic carbocycles. The number of ether oxygens (including phenoxy) is 2. The third-order valence-corrected chi connectivity index (χ3v) is 8.84. The summed E-state index contributed by atoms with van der Waals surface area (Å²) in [6, 6.07) is 0. The van der Waals surface area contributed by atoms with E-state index in [9.17, 15) is 30.0 Å². The fourth-order valence-corrected chi connectivity index (χ4v) is 6.07. The molecular weight excluding hydrogens is 560 g/mol. The van der Waals surface area contributed by atoms with Gasteiger partial charge >= 0.3 is 11.9 Å². The van der Waals surface area contributed by atoms with Crippen molar-refractivity contribution in [3.63, 3.8) is 0 Å². The first-order valence-electron chi connectivity index (χ1n) is 17.9. The molecule has 0 amide bonds. The van der Waals surface area contributed by atoms with Crippen molar-refractivity contribution in [1.29, 1.82) is 0 Å². The molecule has 8 heteroatoms. The van der Waals surface area contributed by atoms with Crippen LogP contribution < -0.4 is 0 Å². The fourth-order valence-electron chi connectivity index (χ4n) is 6.07. The Labute approximate surface area is 268 Å². The zero-order valence-electron chi connectivity index (χ0n) is 28.2. The van der Waals surface area contributed by atoms with Crippen LogP contribution in [0.15, 0.2) is 12.2 Å². The fraction of sp³-hybridized carbons (Fsp3) is 0.889. The van der Waals surface area contributed by atoms with E-state index in [0.717, 1.165) is 70.1 Å². The highest BCUT2D eigenvalue weighted by Gasteiger charge is 2.39. The molecule has 0 aromatic rings. The van der Waals surface area contributed by atoms with Crippen LogP contribution >= 0.6 is 0 Å². The van der Waals surface area contributed by atoms with E-state index >= 15 is 0 Å². The zero-order chi connectivity index (χ0) is 32.6. The Morgan fingerprint density at radius 3 is 2.02 bits per heavy atom. The summed E-state index contributed by atoms with van der Waals surface area (Å²) < 4.78 is 10.5. The van der Waals surface area contributed by atoms with Crippen molar-refractivity contribution in [2.45, 2.75) is 174 Å². The van der Waals surface area contributed by atoms with Gasteiger partial charge in [-0.25, -0.2) is 0 Å². The van der Waals surface area contributed by atoms with Crippen LogP contribution in [-0.2, 0) is 19.1 Å². The largest absolute Gasteiger partial charge is 0.462 e. The summed E-state index contributed by atoms with van der Waals surface area (Å²) in [5.74, 6) is -0.148. The molecule has 8 nitrogen and oxygen atoms in total. The van der Waals surface area contributed by atoms with Crippen molar-refractivity contribution in [3.05, 3.63) is 12.2 Å². The lowest BCUT2D eigenvalue weighted by molar-refractivity contribution is -0.161. The number of carbonyl (C=O) groups is 2. The first kappa shape index (κ1) is 40.5. The minimum absolute atomic E-state index is 0.0357. The molecule has 1 aliphatic rings. The average Bonchev–Trinajstić information content (AvgIpc) is 3.26. The lowest BCUT2D eigenvalue weighted by atomic mass is 9.88. The number of hydrogen-bond donors (Lipinski definition) is 4. The first-order valence-corrected chi connectivity index (χ1v) is 17.9. The molecule has 0 spiro atoms. The van der Waals surface area contributed by atoms with Crippen LogP contribution in [0, 0.1) is 17.8 Å². The second kappa shape index (κ2) is 25.7. The molecule has 1 saturated carbocycles. The van der Waals surface area contributed by atoms with Gasteiger partial charge in [0.05, 0.1) is 24.9 Å². The highest BCUT2D eigenvalue weighted by Crippen LogP contribution is 2.37. The van der Waals surface area contributed by atoms with Crippen LogP contribution in [-0.4, -0.2) is 70.0 Å². The minimum Gasteiger partial charge on any atom is -0.462 e. The number of esters is 2. The van der Waals surface area contributed by atoms with E-state index in [0.29, 0.717) is 25.7 Å². The summed E-state index contributed by atoms with van der Waals surface area (Å²) in [6.45, 7) is 6.12. The number of carbonyl (C=O) groups excluding carboxylic acids is 2. The number of rotatable bonds is 27. The molecule has 6 atom stereocenters. The normalized spacial score (nSPS) is 21.6. The topological polar surface area (TPSA) is 134 Å². The second-order valence-corrected chi connectivity index (χ2v) is 13.4. The van der Waals surface area contributed by atoms with Gasteiger partial charge in [-0.3, -0.25) is 9.59 Å². The van der Waals surface area contributed by atoms with Gasteiger partial charge in [-0.2, -0.15) is 0 Å². The van der Waals surface area contributed by atoms with Crippen molar-refractivity contribution in [2.75, 3.05) is 13.2 Å². The third kappa shape index (κ3) is 19.8. The Kier molecular flexibility index (Phi) is 23.7. The van der Waals surface area contributed by atoms with Gasteiger partial charge < -0.3 is 29.9 Å². The summed E-state index contributed by atoms with van der Waals surface area (Å²) >= 11 is 0. The predicted molar refractivity (Wildman–Crippen MR) is 175 cm³/mol. The van der Waals surface area contributed by atoms with Gasteiger partial charge in [0.1, 0.15) is 6.61 Å². The highest BCUT2D eigenvalue weighted by atomic mass is 16.6. The van der Waals surface area contributed by atoms with E-state index in [2.05, 4.69) is 20.8 Å². The first-order chi connectivity index (χ1) is 21.2. The van der Waals surface area contributed by atoms with Crippen LogP contribution in [0.4, 0.5) is 0 Å². The molecular formula is C36H66O8. The standard InChI is InChI=1S/C36H66O8/c1-4-5-13-19-29(38)23-24-32-31(33(39)25-34(32)40)20-15-11-12-17-22-36(42)44-30(26-37)27-43-35(41)21-16-10-8-6-7-9-14-18-28(2)3/h23-24,28-34,37-40H,4-22,25-27H2,1-3H3/b24-23+/t29-,30-,31+,32+,33-,34+/m0/s1. The Morgan fingerprint density at radius 1 is 0.795 bits per heavy atom. The molecule has 0 unspecified atom stereocenters. The van der Waals surface area contributed by atoms with Gasteiger partial charge in [0.25, 0.3) is 0 Å². The average molecular weight is 627 g/mol. The monoisotopic (exact) mass is 626 g/mol. The summed E-state index contributed by atoms with van der Waals surface area (Å²) in [5.41, 5.74) is 0. The molecule has 0 saturated heterocycles.